The van der Waals surface area contributed by atoms with E-state index in [9.17, 15) is 4.79 Å². The molecular weight excluding hydrogens is 194 g/mol. The minimum atomic E-state index is -0.907. The van der Waals surface area contributed by atoms with Crippen molar-refractivity contribution in [2.24, 2.45) is 0 Å². The maximum Gasteiger partial charge on any atom is 0.411 e. The second-order valence-corrected chi connectivity index (χ2v) is 3.20. The van der Waals surface area contributed by atoms with Crippen molar-refractivity contribution in [2.75, 3.05) is 32.7 Å². The smallest absolute Gasteiger partial charge is 0.411 e. The van der Waals surface area contributed by atoms with Crippen molar-refractivity contribution in [1.82, 2.24) is 15.5 Å². The van der Waals surface area contributed by atoms with Crippen molar-refractivity contribution < 1.29 is 9.90 Å². The quantitative estimate of drug-likeness (QED) is 0.536. The van der Waals surface area contributed by atoms with Crippen LogP contribution >= 0.6 is 0 Å². The van der Waals surface area contributed by atoms with Gasteiger partial charge < -0.3 is 15.7 Å². The average Bonchev–Trinajstić information content (AvgIpc) is 2.33. The fourth-order valence-corrected chi connectivity index (χ4v) is 1.21. The molecule has 0 saturated carbocycles. The molecule has 2 aliphatic heterocycles. The van der Waals surface area contributed by atoms with Crippen LogP contribution in [0.2, 0.25) is 0 Å². The van der Waals surface area contributed by atoms with Crippen molar-refractivity contribution in [3.63, 3.8) is 0 Å². The molecule has 0 bridgehead atoms. The highest BCUT2D eigenvalue weighted by Crippen LogP contribution is 1.97. The molecule has 3 N–H and O–H groups in total. The Balaban J connectivity index is 0.000000162. The topological polar surface area (TPSA) is 64.6 Å². The molecule has 2 aliphatic rings. The van der Waals surface area contributed by atoms with Gasteiger partial charge in [-0.1, -0.05) is 12.2 Å². The van der Waals surface area contributed by atoms with Crippen LogP contribution < -0.4 is 10.6 Å². The molecule has 0 radical (unpaired) electrons. The molecular formula is C10H17N3O2. The number of piperazine rings is 1. The van der Waals surface area contributed by atoms with Gasteiger partial charge in [-0.25, -0.2) is 4.79 Å². The van der Waals surface area contributed by atoms with Gasteiger partial charge in [-0.2, -0.15) is 0 Å². The lowest BCUT2D eigenvalue weighted by atomic mass is 10.4. The van der Waals surface area contributed by atoms with Crippen LogP contribution in [0.1, 0.15) is 0 Å². The highest BCUT2D eigenvalue weighted by Gasteiger charge is 2.05. The van der Waals surface area contributed by atoms with Crippen molar-refractivity contribution in [3.05, 3.63) is 24.4 Å². The second-order valence-electron chi connectivity index (χ2n) is 3.20. The lowest BCUT2D eigenvalue weighted by molar-refractivity contribution is 0.166. The number of hydrogen-bond acceptors (Lipinski definition) is 3. The largest absolute Gasteiger partial charge is 0.465 e. The Hall–Kier alpha value is -1.33. The van der Waals surface area contributed by atoms with E-state index >= 15 is 0 Å². The van der Waals surface area contributed by atoms with Crippen LogP contribution in [0.4, 0.5) is 4.79 Å². The molecule has 1 amide bonds. The molecule has 0 aromatic heterocycles. The molecule has 0 spiro atoms. The minimum Gasteiger partial charge on any atom is -0.465 e. The zero-order valence-corrected chi connectivity index (χ0v) is 8.65. The first-order chi connectivity index (χ1) is 7.30. The first kappa shape index (κ1) is 11.7. The van der Waals surface area contributed by atoms with Crippen molar-refractivity contribution in [2.45, 2.75) is 0 Å². The van der Waals surface area contributed by atoms with Gasteiger partial charge in [-0.15, -0.1) is 0 Å². The lowest BCUT2D eigenvalue weighted by Gasteiger charge is -2.12. The van der Waals surface area contributed by atoms with Gasteiger partial charge in [0.2, 0.25) is 0 Å². The fourth-order valence-electron chi connectivity index (χ4n) is 1.21. The predicted molar refractivity (Wildman–Crippen MR) is 58.8 cm³/mol. The number of amides is 1. The van der Waals surface area contributed by atoms with Gasteiger partial charge in [0.05, 0.1) is 0 Å². The maximum atomic E-state index is 10.2. The molecule has 84 valence electrons. The summed E-state index contributed by atoms with van der Waals surface area (Å²) in [6.45, 7) is 5.02. The highest BCUT2D eigenvalue weighted by molar-refractivity contribution is 5.66. The highest BCUT2D eigenvalue weighted by atomic mass is 16.4. The summed E-state index contributed by atoms with van der Waals surface area (Å²) in [6.07, 6.45) is 5.92. The van der Waals surface area contributed by atoms with Gasteiger partial charge in [0, 0.05) is 38.9 Å². The molecule has 1 saturated heterocycles. The van der Waals surface area contributed by atoms with E-state index in [1.54, 1.807) is 12.2 Å². The molecule has 2 heterocycles. The first-order valence-corrected chi connectivity index (χ1v) is 5.05. The van der Waals surface area contributed by atoms with E-state index in [0.29, 0.717) is 6.54 Å². The maximum absolute atomic E-state index is 10.2. The van der Waals surface area contributed by atoms with E-state index in [1.165, 1.54) is 11.1 Å². The number of rotatable bonds is 0. The molecule has 0 aromatic carbocycles. The first-order valence-electron chi connectivity index (χ1n) is 5.05. The summed E-state index contributed by atoms with van der Waals surface area (Å²) in [5.74, 6) is 0. The molecule has 0 aromatic rings. The van der Waals surface area contributed by atoms with Crippen molar-refractivity contribution in [1.29, 1.82) is 0 Å². The summed E-state index contributed by atoms with van der Waals surface area (Å²) in [5, 5.41) is 14.8. The molecule has 0 aliphatic carbocycles. The van der Waals surface area contributed by atoms with E-state index in [-0.39, 0.29) is 0 Å². The molecule has 2 rings (SSSR count). The molecule has 1 fully saturated rings. The van der Waals surface area contributed by atoms with Crippen LogP contribution in [0.3, 0.4) is 0 Å². The van der Waals surface area contributed by atoms with E-state index < -0.39 is 6.09 Å². The number of nitrogens with zero attached hydrogens (tertiary/aromatic N) is 1. The summed E-state index contributed by atoms with van der Waals surface area (Å²) in [4.78, 5) is 11.4. The third-order valence-corrected chi connectivity index (χ3v) is 2.02. The SMILES string of the molecule is C1CNCCN1.O=C(O)N1C=CC=CC1. The van der Waals surface area contributed by atoms with Crippen LogP contribution in [0.25, 0.3) is 0 Å². The standard InChI is InChI=1S/C6H7NO2.C4H10N2/c8-6(9)7-4-2-1-3-5-7;1-2-6-4-3-5-1/h1-4H,5H2,(H,8,9);5-6H,1-4H2. The molecule has 0 unspecified atom stereocenters. The van der Waals surface area contributed by atoms with Crippen molar-refractivity contribution >= 4 is 6.09 Å². The van der Waals surface area contributed by atoms with Gasteiger partial charge in [0.25, 0.3) is 0 Å². The Morgan fingerprint density at radius 2 is 1.73 bits per heavy atom. The molecule has 5 nitrogen and oxygen atoms in total. The number of allylic oxidation sites excluding steroid dienone is 2. The third-order valence-electron chi connectivity index (χ3n) is 2.02. The molecule has 15 heavy (non-hydrogen) atoms. The normalized spacial score (nSPS) is 19.3. The summed E-state index contributed by atoms with van der Waals surface area (Å²) in [7, 11) is 0. The van der Waals surface area contributed by atoms with E-state index in [2.05, 4.69) is 10.6 Å². The monoisotopic (exact) mass is 211 g/mol. The Morgan fingerprint density at radius 1 is 1.13 bits per heavy atom. The number of hydrogen-bond donors (Lipinski definition) is 3. The Labute approximate surface area is 89.5 Å². The van der Waals surface area contributed by atoms with Crippen LogP contribution in [-0.4, -0.2) is 48.8 Å². The van der Waals surface area contributed by atoms with Crippen LogP contribution in [-0.2, 0) is 0 Å². The summed E-state index contributed by atoms with van der Waals surface area (Å²) in [6, 6.07) is 0. The zero-order chi connectivity index (χ0) is 10.9. The summed E-state index contributed by atoms with van der Waals surface area (Å²) < 4.78 is 0. The Bertz CT molecular complexity index is 236. The number of carboxylic acid groups (broad SMARTS) is 1. The van der Waals surface area contributed by atoms with Gasteiger partial charge in [0.1, 0.15) is 0 Å². The second kappa shape index (κ2) is 7.03. The average molecular weight is 211 g/mol. The van der Waals surface area contributed by atoms with E-state index in [1.807, 2.05) is 6.08 Å². The lowest BCUT2D eigenvalue weighted by Crippen LogP contribution is -2.39. The zero-order valence-electron chi connectivity index (χ0n) is 8.65. The molecule has 0 atom stereocenters. The van der Waals surface area contributed by atoms with Crippen molar-refractivity contribution in [3.8, 4) is 0 Å². The summed E-state index contributed by atoms with van der Waals surface area (Å²) in [5.41, 5.74) is 0. The van der Waals surface area contributed by atoms with Gasteiger partial charge in [0.15, 0.2) is 0 Å². The predicted octanol–water partition coefficient (Wildman–Crippen LogP) is 0.229. The van der Waals surface area contributed by atoms with Gasteiger partial charge >= 0.3 is 6.09 Å². The van der Waals surface area contributed by atoms with Gasteiger partial charge in [-0.05, 0) is 6.08 Å². The Morgan fingerprint density at radius 3 is 2.00 bits per heavy atom. The van der Waals surface area contributed by atoms with E-state index in [4.69, 9.17) is 5.11 Å². The minimum absolute atomic E-state index is 0.464. The van der Waals surface area contributed by atoms with Crippen LogP contribution in [0, 0.1) is 0 Å². The van der Waals surface area contributed by atoms with Crippen LogP contribution in [0.15, 0.2) is 24.4 Å². The third kappa shape index (κ3) is 5.19. The number of carbonyl (C=O) groups is 1. The molecule has 5 heteroatoms. The van der Waals surface area contributed by atoms with E-state index in [0.717, 1.165) is 26.2 Å². The van der Waals surface area contributed by atoms with Crippen LogP contribution in [0.5, 0.6) is 0 Å². The van der Waals surface area contributed by atoms with Gasteiger partial charge in [-0.3, -0.25) is 4.90 Å². The summed E-state index contributed by atoms with van der Waals surface area (Å²) >= 11 is 0. The fraction of sp³-hybridized carbons (Fsp3) is 0.500. The Kier molecular flexibility index (Phi) is 5.50. The number of nitrogens with one attached hydrogen (secondary N) is 2.